The first kappa shape index (κ1) is 22.5. The second-order valence-electron chi connectivity index (χ2n) is 9.26. The van der Waals surface area contributed by atoms with Gasteiger partial charge in [0.25, 0.3) is 5.91 Å². The molecular weight excluding hydrogens is 436 g/mol. The second-order valence-corrected chi connectivity index (χ2v) is 9.26. The number of piperidine rings is 1. The fourth-order valence-corrected chi connectivity index (χ4v) is 4.98. The second kappa shape index (κ2) is 9.19. The number of carbonyl (C=O) groups is 2. The topological polar surface area (TPSA) is 89.8 Å². The van der Waals surface area contributed by atoms with Crippen LogP contribution in [0.1, 0.15) is 61.7 Å². The molecule has 1 amide bonds. The minimum atomic E-state index is 0.0429. The fraction of sp³-hybridized carbons (Fsp3) is 0.241. The normalized spacial score (nSPS) is 14.1. The molecule has 35 heavy (non-hydrogen) atoms. The van der Waals surface area contributed by atoms with Gasteiger partial charge in [-0.1, -0.05) is 18.2 Å². The fourth-order valence-electron chi connectivity index (χ4n) is 4.98. The van der Waals surface area contributed by atoms with Crippen LogP contribution < -0.4 is 0 Å². The summed E-state index contributed by atoms with van der Waals surface area (Å²) in [5.41, 5.74) is 7.61. The predicted octanol–water partition coefficient (Wildman–Crippen LogP) is 5.55. The third-order valence-electron chi connectivity index (χ3n) is 6.99. The number of aromatic nitrogens is 2. The number of likely N-dealkylation sites (tertiary alicyclic amines) is 1. The summed E-state index contributed by atoms with van der Waals surface area (Å²) >= 11 is 0. The molecule has 4 aromatic rings. The van der Waals surface area contributed by atoms with E-state index in [0.717, 1.165) is 46.9 Å². The average molecular weight is 463 g/mol. The molecule has 1 aliphatic rings. The summed E-state index contributed by atoms with van der Waals surface area (Å²) in [7, 11) is 0. The van der Waals surface area contributed by atoms with Gasteiger partial charge in [0, 0.05) is 29.8 Å². The van der Waals surface area contributed by atoms with E-state index < -0.39 is 0 Å². The van der Waals surface area contributed by atoms with Crippen LogP contribution in [-0.2, 0) is 0 Å². The maximum atomic E-state index is 13.5. The molecule has 5 rings (SSSR count). The lowest BCUT2D eigenvalue weighted by atomic mass is 9.88. The molecule has 6 nitrogen and oxygen atoms in total. The van der Waals surface area contributed by atoms with Crippen molar-refractivity contribution in [1.29, 1.82) is 5.26 Å². The van der Waals surface area contributed by atoms with Gasteiger partial charge in [-0.2, -0.15) is 5.26 Å². The SMILES string of the molecule is Cc1cc(C)c(-c2nc3cc(C=O)ccc3[nH]2)cc1C(=O)N1CCC(c2ccc(C#N)cc2)CC1. The van der Waals surface area contributed by atoms with Crippen molar-refractivity contribution in [3.05, 3.63) is 88.0 Å². The summed E-state index contributed by atoms with van der Waals surface area (Å²) in [6, 6.07) is 19.3. The summed E-state index contributed by atoms with van der Waals surface area (Å²) in [4.78, 5) is 34.6. The highest BCUT2D eigenvalue weighted by atomic mass is 16.2. The average Bonchev–Trinajstić information content (AvgIpc) is 3.31. The molecule has 1 fully saturated rings. The van der Waals surface area contributed by atoms with Gasteiger partial charge in [0.1, 0.15) is 12.1 Å². The van der Waals surface area contributed by atoms with Gasteiger partial charge >= 0.3 is 0 Å². The third kappa shape index (κ3) is 4.33. The van der Waals surface area contributed by atoms with Crippen molar-refractivity contribution in [3.8, 4) is 17.5 Å². The van der Waals surface area contributed by atoms with E-state index in [-0.39, 0.29) is 5.91 Å². The van der Waals surface area contributed by atoms with E-state index in [1.165, 1.54) is 5.56 Å². The Balaban J connectivity index is 1.37. The van der Waals surface area contributed by atoms with Crippen LogP contribution in [0.15, 0.2) is 54.6 Å². The zero-order valence-corrected chi connectivity index (χ0v) is 19.8. The van der Waals surface area contributed by atoms with Gasteiger partial charge in [0.15, 0.2) is 0 Å². The van der Waals surface area contributed by atoms with E-state index in [9.17, 15) is 9.59 Å². The van der Waals surface area contributed by atoms with Gasteiger partial charge in [-0.05, 0) is 85.7 Å². The lowest BCUT2D eigenvalue weighted by molar-refractivity contribution is 0.0712. The van der Waals surface area contributed by atoms with Crippen LogP contribution in [-0.4, -0.2) is 40.2 Å². The minimum Gasteiger partial charge on any atom is -0.339 e. The standard InChI is InChI=1S/C29H26N4O2/c1-18-13-19(2)25(15-24(18)28-31-26-8-5-21(17-34)14-27(26)32-28)29(35)33-11-9-23(10-12-33)22-6-3-20(16-30)4-7-22/h3-8,13-15,17,23H,9-12H2,1-2H3,(H,31,32). The number of nitriles is 1. The molecule has 0 unspecified atom stereocenters. The van der Waals surface area contributed by atoms with Crippen molar-refractivity contribution in [3.63, 3.8) is 0 Å². The molecule has 0 spiro atoms. The van der Waals surface area contributed by atoms with Crippen LogP contribution in [0.25, 0.3) is 22.4 Å². The molecule has 6 heteroatoms. The Morgan fingerprint density at radius 1 is 1.06 bits per heavy atom. The zero-order valence-electron chi connectivity index (χ0n) is 19.8. The van der Waals surface area contributed by atoms with E-state index in [2.05, 4.69) is 11.1 Å². The molecular formula is C29H26N4O2. The van der Waals surface area contributed by atoms with E-state index in [4.69, 9.17) is 10.2 Å². The Morgan fingerprint density at radius 3 is 2.49 bits per heavy atom. The van der Waals surface area contributed by atoms with Crippen LogP contribution in [0.3, 0.4) is 0 Å². The van der Waals surface area contributed by atoms with Gasteiger partial charge in [-0.15, -0.1) is 0 Å². The number of imidazole rings is 1. The number of aromatic amines is 1. The Bertz CT molecular complexity index is 1470. The number of rotatable bonds is 4. The zero-order chi connectivity index (χ0) is 24.5. The molecule has 0 bridgehead atoms. The smallest absolute Gasteiger partial charge is 0.254 e. The van der Waals surface area contributed by atoms with Crippen LogP contribution in [0.2, 0.25) is 0 Å². The van der Waals surface area contributed by atoms with Gasteiger partial charge in [0.05, 0.1) is 22.7 Å². The largest absolute Gasteiger partial charge is 0.339 e. The number of nitrogens with one attached hydrogen (secondary N) is 1. The number of benzene rings is 3. The van der Waals surface area contributed by atoms with E-state index in [1.807, 2.05) is 61.2 Å². The summed E-state index contributed by atoms with van der Waals surface area (Å²) in [6.45, 7) is 5.39. The number of H-pyrrole nitrogens is 1. The maximum absolute atomic E-state index is 13.5. The summed E-state index contributed by atoms with van der Waals surface area (Å²) < 4.78 is 0. The molecule has 174 valence electrons. The molecule has 0 radical (unpaired) electrons. The molecule has 1 N–H and O–H groups in total. The van der Waals surface area contributed by atoms with Crippen molar-refractivity contribution in [2.75, 3.05) is 13.1 Å². The number of fused-ring (bicyclic) bond motifs is 1. The van der Waals surface area contributed by atoms with Crippen LogP contribution in [0.5, 0.6) is 0 Å². The van der Waals surface area contributed by atoms with E-state index >= 15 is 0 Å². The maximum Gasteiger partial charge on any atom is 0.254 e. The van der Waals surface area contributed by atoms with Crippen molar-refractivity contribution in [1.82, 2.24) is 14.9 Å². The molecule has 2 heterocycles. The minimum absolute atomic E-state index is 0.0429. The number of aryl methyl sites for hydroxylation is 2. The summed E-state index contributed by atoms with van der Waals surface area (Å²) in [6.07, 6.45) is 2.61. The van der Waals surface area contributed by atoms with Gasteiger partial charge in [0.2, 0.25) is 0 Å². The highest BCUT2D eigenvalue weighted by Crippen LogP contribution is 2.31. The van der Waals surface area contributed by atoms with Gasteiger partial charge in [-0.25, -0.2) is 4.98 Å². The molecule has 1 aromatic heterocycles. The number of aldehydes is 1. The van der Waals surface area contributed by atoms with Crippen molar-refractivity contribution < 1.29 is 9.59 Å². The summed E-state index contributed by atoms with van der Waals surface area (Å²) in [5, 5.41) is 9.02. The Morgan fingerprint density at radius 2 is 1.80 bits per heavy atom. The van der Waals surface area contributed by atoms with Crippen molar-refractivity contribution in [2.45, 2.75) is 32.6 Å². The van der Waals surface area contributed by atoms with Crippen molar-refractivity contribution >= 4 is 23.2 Å². The third-order valence-corrected chi connectivity index (χ3v) is 6.99. The first-order valence-electron chi connectivity index (χ1n) is 11.8. The van der Waals surface area contributed by atoms with Gasteiger partial charge < -0.3 is 9.88 Å². The molecule has 0 atom stereocenters. The van der Waals surface area contributed by atoms with Crippen LogP contribution >= 0.6 is 0 Å². The number of nitrogens with zero attached hydrogens (tertiary/aromatic N) is 3. The van der Waals surface area contributed by atoms with E-state index in [0.29, 0.717) is 41.5 Å². The highest BCUT2D eigenvalue weighted by molar-refractivity contribution is 5.97. The van der Waals surface area contributed by atoms with Crippen LogP contribution in [0, 0.1) is 25.2 Å². The molecule has 0 aliphatic carbocycles. The van der Waals surface area contributed by atoms with Crippen molar-refractivity contribution in [2.24, 2.45) is 0 Å². The molecule has 1 saturated heterocycles. The Hall–Kier alpha value is -4.24. The predicted molar refractivity (Wildman–Crippen MR) is 135 cm³/mol. The first-order valence-corrected chi connectivity index (χ1v) is 11.8. The number of carbonyl (C=O) groups excluding carboxylic acids is 2. The Labute approximate surface area is 204 Å². The molecule has 0 saturated carbocycles. The molecule has 3 aromatic carbocycles. The molecule has 1 aliphatic heterocycles. The van der Waals surface area contributed by atoms with Gasteiger partial charge in [-0.3, -0.25) is 9.59 Å². The lowest BCUT2D eigenvalue weighted by Crippen LogP contribution is -2.38. The van der Waals surface area contributed by atoms with Crippen LogP contribution in [0.4, 0.5) is 0 Å². The number of hydrogen-bond acceptors (Lipinski definition) is 4. The number of amides is 1. The lowest BCUT2D eigenvalue weighted by Gasteiger charge is -2.32. The quantitative estimate of drug-likeness (QED) is 0.403. The Kier molecular flexibility index (Phi) is 5.92. The van der Waals surface area contributed by atoms with E-state index in [1.54, 1.807) is 12.1 Å². The first-order chi connectivity index (χ1) is 17.0. The highest BCUT2D eigenvalue weighted by Gasteiger charge is 2.26. The monoisotopic (exact) mass is 462 g/mol. The number of hydrogen-bond donors (Lipinski definition) is 1. The summed E-state index contributed by atoms with van der Waals surface area (Å²) in [5.74, 6) is 1.13.